The number of aromatic nitrogens is 1. The Morgan fingerprint density at radius 2 is 2.15 bits per heavy atom. The molecule has 104 valence electrons. The molecule has 0 atom stereocenters. The lowest BCUT2D eigenvalue weighted by Crippen LogP contribution is -2.13. The summed E-state index contributed by atoms with van der Waals surface area (Å²) >= 11 is 0. The number of nitrogen functional groups attached to an aromatic ring is 1. The van der Waals surface area contributed by atoms with Gasteiger partial charge in [-0.25, -0.2) is 0 Å². The highest BCUT2D eigenvalue weighted by Crippen LogP contribution is 2.13. The van der Waals surface area contributed by atoms with Crippen molar-refractivity contribution in [3.05, 3.63) is 53.9 Å². The number of unbranched alkanes of at least 4 members (excludes halogenated alkanes) is 1. The van der Waals surface area contributed by atoms with Gasteiger partial charge >= 0.3 is 0 Å². The molecule has 4 heteroatoms. The van der Waals surface area contributed by atoms with Crippen LogP contribution in [0.3, 0.4) is 0 Å². The van der Waals surface area contributed by atoms with Crippen molar-refractivity contribution in [2.24, 2.45) is 0 Å². The van der Waals surface area contributed by atoms with E-state index in [2.05, 4.69) is 17.2 Å². The first kappa shape index (κ1) is 14.1. The maximum atomic E-state index is 12.0. The molecule has 20 heavy (non-hydrogen) atoms. The molecule has 0 aliphatic carbocycles. The van der Waals surface area contributed by atoms with Crippen LogP contribution in [0, 0.1) is 0 Å². The Labute approximate surface area is 119 Å². The van der Waals surface area contributed by atoms with Gasteiger partial charge in [-0.2, -0.15) is 0 Å². The van der Waals surface area contributed by atoms with Crippen LogP contribution in [0.15, 0.2) is 42.6 Å². The zero-order chi connectivity index (χ0) is 14.4. The summed E-state index contributed by atoms with van der Waals surface area (Å²) in [6.07, 6.45) is 5.05. The topological polar surface area (TPSA) is 68.0 Å². The van der Waals surface area contributed by atoms with Gasteiger partial charge < -0.3 is 11.1 Å². The molecule has 3 N–H and O–H groups in total. The van der Waals surface area contributed by atoms with Crippen LogP contribution in [-0.2, 0) is 6.42 Å². The Kier molecular flexibility index (Phi) is 4.71. The van der Waals surface area contributed by atoms with Gasteiger partial charge in [-0.3, -0.25) is 9.78 Å². The molecule has 2 aromatic rings. The van der Waals surface area contributed by atoms with Crippen LogP contribution < -0.4 is 11.1 Å². The van der Waals surface area contributed by atoms with E-state index in [1.807, 2.05) is 6.07 Å². The second kappa shape index (κ2) is 6.70. The smallest absolute Gasteiger partial charge is 0.274 e. The molecule has 0 saturated carbocycles. The first-order chi connectivity index (χ1) is 9.69. The molecule has 1 amide bonds. The summed E-state index contributed by atoms with van der Waals surface area (Å²) in [6, 6.07) is 10.8. The van der Waals surface area contributed by atoms with E-state index in [4.69, 9.17) is 5.73 Å². The van der Waals surface area contributed by atoms with Gasteiger partial charge in [0.2, 0.25) is 0 Å². The molecule has 0 bridgehead atoms. The van der Waals surface area contributed by atoms with Gasteiger partial charge in [0.25, 0.3) is 5.91 Å². The maximum absolute atomic E-state index is 12.0. The van der Waals surface area contributed by atoms with E-state index in [-0.39, 0.29) is 5.91 Å². The molecule has 0 fully saturated rings. The highest BCUT2D eigenvalue weighted by molar-refractivity contribution is 6.03. The maximum Gasteiger partial charge on any atom is 0.274 e. The number of benzene rings is 1. The minimum atomic E-state index is -0.224. The summed E-state index contributed by atoms with van der Waals surface area (Å²) in [5, 5.41) is 2.78. The molecule has 1 heterocycles. The molecule has 0 spiro atoms. The number of anilines is 2. The van der Waals surface area contributed by atoms with Crippen LogP contribution >= 0.6 is 0 Å². The van der Waals surface area contributed by atoms with E-state index in [1.54, 1.807) is 36.5 Å². The zero-order valence-electron chi connectivity index (χ0n) is 11.6. The van der Waals surface area contributed by atoms with E-state index in [0.29, 0.717) is 17.1 Å². The van der Waals surface area contributed by atoms with Crippen LogP contribution in [-0.4, -0.2) is 10.9 Å². The predicted molar refractivity (Wildman–Crippen MR) is 81.7 cm³/mol. The van der Waals surface area contributed by atoms with E-state index in [9.17, 15) is 4.79 Å². The molecule has 1 aromatic heterocycles. The number of carbonyl (C=O) groups excluding carboxylic acids is 1. The summed E-state index contributed by atoms with van der Waals surface area (Å²) in [5.74, 6) is -0.224. The third kappa shape index (κ3) is 3.82. The molecule has 1 aromatic carbocycles. The Morgan fingerprint density at radius 1 is 1.30 bits per heavy atom. The van der Waals surface area contributed by atoms with Crippen molar-refractivity contribution in [1.29, 1.82) is 0 Å². The summed E-state index contributed by atoms with van der Waals surface area (Å²) < 4.78 is 0. The second-order valence-electron chi connectivity index (χ2n) is 4.73. The van der Waals surface area contributed by atoms with Gasteiger partial charge in [0, 0.05) is 17.6 Å². The third-order valence-corrected chi connectivity index (χ3v) is 3.02. The van der Waals surface area contributed by atoms with Crippen molar-refractivity contribution in [2.75, 3.05) is 11.1 Å². The van der Waals surface area contributed by atoms with Gasteiger partial charge in [0.05, 0.1) is 0 Å². The van der Waals surface area contributed by atoms with Crippen LogP contribution in [0.2, 0.25) is 0 Å². The van der Waals surface area contributed by atoms with Crippen molar-refractivity contribution in [3.8, 4) is 0 Å². The second-order valence-corrected chi connectivity index (χ2v) is 4.73. The van der Waals surface area contributed by atoms with Gasteiger partial charge in [0.15, 0.2) is 0 Å². The fourth-order valence-electron chi connectivity index (χ4n) is 1.90. The minimum Gasteiger partial charge on any atom is -0.399 e. The number of pyridine rings is 1. The number of nitrogens with two attached hydrogens (primary N) is 1. The highest BCUT2D eigenvalue weighted by atomic mass is 16.1. The fraction of sp³-hybridized carbons (Fsp3) is 0.250. The first-order valence-electron chi connectivity index (χ1n) is 6.81. The highest BCUT2D eigenvalue weighted by Gasteiger charge is 2.07. The van der Waals surface area contributed by atoms with Gasteiger partial charge in [-0.1, -0.05) is 25.5 Å². The van der Waals surface area contributed by atoms with Gasteiger partial charge in [-0.15, -0.1) is 0 Å². The summed E-state index contributed by atoms with van der Waals surface area (Å²) in [6.45, 7) is 2.15. The Hall–Kier alpha value is -2.36. The lowest BCUT2D eigenvalue weighted by atomic mass is 10.1. The molecule has 4 nitrogen and oxygen atoms in total. The summed E-state index contributed by atoms with van der Waals surface area (Å²) in [7, 11) is 0. The van der Waals surface area contributed by atoms with E-state index >= 15 is 0 Å². The van der Waals surface area contributed by atoms with Gasteiger partial charge in [-0.05, 0) is 42.7 Å². The average molecular weight is 269 g/mol. The molecule has 0 aliphatic heterocycles. The molecular weight excluding hydrogens is 250 g/mol. The molecule has 0 aliphatic rings. The van der Waals surface area contributed by atoms with E-state index in [1.165, 1.54) is 0 Å². The Morgan fingerprint density at radius 3 is 2.80 bits per heavy atom. The van der Waals surface area contributed by atoms with Crippen LogP contribution in [0.5, 0.6) is 0 Å². The minimum absolute atomic E-state index is 0.224. The Balaban J connectivity index is 2.02. The molecule has 0 unspecified atom stereocenters. The van der Waals surface area contributed by atoms with Gasteiger partial charge in [0.1, 0.15) is 5.69 Å². The third-order valence-electron chi connectivity index (χ3n) is 3.02. The summed E-state index contributed by atoms with van der Waals surface area (Å²) in [5.41, 5.74) is 8.53. The van der Waals surface area contributed by atoms with Crippen LogP contribution in [0.4, 0.5) is 11.4 Å². The van der Waals surface area contributed by atoms with Crippen molar-refractivity contribution in [1.82, 2.24) is 4.98 Å². The number of nitrogens with zero attached hydrogens (tertiary/aromatic N) is 1. The predicted octanol–water partition coefficient (Wildman–Crippen LogP) is 3.26. The molecule has 0 saturated heterocycles. The number of aryl methyl sites for hydroxylation is 1. The standard InChI is InChI=1S/C16H19N3O/c1-2-3-5-12-8-9-15(18-11-12)16(20)19-14-7-4-6-13(17)10-14/h4,6-11H,2-3,5,17H2,1H3,(H,19,20). The van der Waals surface area contributed by atoms with Crippen molar-refractivity contribution < 1.29 is 4.79 Å². The zero-order valence-corrected chi connectivity index (χ0v) is 11.6. The number of rotatable bonds is 5. The first-order valence-corrected chi connectivity index (χ1v) is 6.81. The van der Waals surface area contributed by atoms with E-state index in [0.717, 1.165) is 24.8 Å². The molecular formula is C16H19N3O. The fourth-order valence-corrected chi connectivity index (χ4v) is 1.90. The number of carbonyl (C=O) groups is 1. The lowest BCUT2D eigenvalue weighted by molar-refractivity contribution is 0.102. The van der Waals surface area contributed by atoms with Crippen molar-refractivity contribution in [2.45, 2.75) is 26.2 Å². The quantitative estimate of drug-likeness (QED) is 0.819. The largest absolute Gasteiger partial charge is 0.399 e. The average Bonchev–Trinajstić information content (AvgIpc) is 2.45. The number of hydrogen-bond donors (Lipinski definition) is 2. The Bertz CT molecular complexity index is 579. The van der Waals surface area contributed by atoms with Crippen molar-refractivity contribution in [3.63, 3.8) is 0 Å². The lowest BCUT2D eigenvalue weighted by Gasteiger charge is -2.06. The molecule has 0 radical (unpaired) electrons. The number of hydrogen-bond acceptors (Lipinski definition) is 3. The normalized spacial score (nSPS) is 10.2. The van der Waals surface area contributed by atoms with E-state index < -0.39 is 0 Å². The monoisotopic (exact) mass is 269 g/mol. The number of nitrogens with one attached hydrogen (secondary N) is 1. The van der Waals surface area contributed by atoms with Crippen LogP contribution in [0.1, 0.15) is 35.8 Å². The summed E-state index contributed by atoms with van der Waals surface area (Å²) in [4.78, 5) is 16.2. The SMILES string of the molecule is CCCCc1ccc(C(=O)Nc2cccc(N)c2)nc1. The van der Waals surface area contributed by atoms with Crippen LogP contribution in [0.25, 0.3) is 0 Å². The van der Waals surface area contributed by atoms with Crippen molar-refractivity contribution >= 4 is 17.3 Å². The molecule has 2 rings (SSSR count). The number of amides is 1.